The molecule has 3 heterocycles. The van der Waals surface area contributed by atoms with E-state index < -0.39 is 0 Å². The lowest BCUT2D eigenvalue weighted by molar-refractivity contribution is 1.07. The topological polar surface area (TPSA) is 43.6 Å². The fourth-order valence-electron chi connectivity index (χ4n) is 10.4. The number of hydrogen-bond acceptors (Lipinski definition) is 4. The molecule has 0 saturated heterocycles. The lowest BCUT2D eigenvalue weighted by Crippen LogP contribution is -2.02. The van der Waals surface area contributed by atoms with Gasteiger partial charge in [-0.25, -0.2) is 15.0 Å². The number of benzene rings is 11. The molecule has 0 bridgehead atoms. The molecule has 11 aromatic carbocycles. The van der Waals surface area contributed by atoms with E-state index in [1.165, 1.54) is 63.6 Å². The van der Waals surface area contributed by atoms with Crippen molar-refractivity contribution in [1.82, 2.24) is 19.5 Å². The first-order valence-electron chi connectivity index (χ1n) is 23.0. The van der Waals surface area contributed by atoms with E-state index in [0.29, 0.717) is 17.5 Å². The molecule has 0 fully saturated rings. The molecule has 0 unspecified atom stereocenters. The largest absolute Gasteiger partial charge is 0.309 e. The Morgan fingerprint density at radius 2 is 0.824 bits per heavy atom. The van der Waals surface area contributed by atoms with Crippen LogP contribution < -0.4 is 0 Å². The van der Waals surface area contributed by atoms with Crippen LogP contribution in [0.5, 0.6) is 0 Å². The van der Waals surface area contributed by atoms with E-state index in [2.05, 4.69) is 235 Å². The second-order valence-corrected chi connectivity index (χ2v) is 18.6. The van der Waals surface area contributed by atoms with Crippen LogP contribution in [-0.2, 0) is 0 Å². The third-order valence-electron chi connectivity index (χ3n) is 13.6. The number of rotatable bonds is 6. The molecule has 0 atom stereocenters. The lowest BCUT2D eigenvalue weighted by Gasteiger charge is -2.17. The zero-order valence-corrected chi connectivity index (χ0v) is 37.5. The van der Waals surface area contributed by atoms with Gasteiger partial charge in [-0.2, -0.15) is 0 Å². The number of nitrogens with zero attached hydrogens (tertiary/aromatic N) is 4. The predicted octanol–water partition coefficient (Wildman–Crippen LogP) is 17.1. The molecule has 0 aliphatic carbocycles. The highest BCUT2D eigenvalue weighted by atomic mass is 32.1. The van der Waals surface area contributed by atoms with Crippen LogP contribution in [0.3, 0.4) is 0 Å². The van der Waals surface area contributed by atoms with Crippen molar-refractivity contribution in [1.29, 1.82) is 0 Å². The van der Waals surface area contributed by atoms with Crippen LogP contribution in [0.15, 0.2) is 231 Å². The van der Waals surface area contributed by atoms with Crippen LogP contribution in [0.25, 0.3) is 136 Å². The van der Waals surface area contributed by atoms with Gasteiger partial charge in [0.05, 0.1) is 16.7 Å². The first-order chi connectivity index (χ1) is 33.7. The third-order valence-corrected chi connectivity index (χ3v) is 14.7. The summed E-state index contributed by atoms with van der Waals surface area (Å²) in [7, 11) is 0. The zero-order chi connectivity index (χ0) is 44.7. The highest BCUT2D eigenvalue weighted by molar-refractivity contribution is 7.25. The SMILES string of the molecule is c1ccc(-c2cccc3c2c2cc4ccccc4cc2n3-c2ccc(-c3nc(-c4ccc5ccccc5c4)nc(-c4ccc5ccccc5c4)n3)cc2-c2cccc3sc4ccccc4c23)cc1. The summed E-state index contributed by atoms with van der Waals surface area (Å²) in [6.07, 6.45) is 0. The van der Waals surface area contributed by atoms with Crippen LogP contribution in [0, 0.1) is 0 Å². The normalized spacial score (nSPS) is 11.8. The Bertz CT molecular complexity index is 4240. The third kappa shape index (κ3) is 6.24. The van der Waals surface area contributed by atoms with E-state index in [1.54, 1.807) is 0 Å². The number of fused-ring (bicyclic) bond motifs is 9. The highest BCUT2D eigenvalue weighted by Gasteiger charge is 2.23. The molecule has 0 saturated carbocycles. The second kappa shape index (κ2) is 15.4. The molecule has 0 aliphatic heterocycles. The number of aromatic nitrogens is 4. The van der Waals surface area contributed by atoms with Gasteiger partial charge in [-0.1, -0.05) is 170 Å². The van der Waals surface area contributed by atoms with Crippen molar-refractivity contribution in [2.45, 2.75) is 0 Å². The summed E-state index contributed by atoms with van der Waals surface area (Å²) in [6.45, 7) is 0. The summed E-state index contributed by atoms with van der Waals surface area (Å²) in [5.74, 6) is 1.87. The smallest absolute Gasteiger partial charge is 0.164 e. The molecular formula is C63H38N4S. The van der Waals surface area contributed by atoms with Crippen molar-refractivity contribution < 1.29 is 0 Å². The van der Waals surface area contributed by atoms with Gasteiger partial charge in [0, 0.05) is 53.2 Å². The van der Waals surface area contributed by atoms with Gasteiger partial charge in [0.1, 0.15) is 0 Å². The molecule has 0 spiro atoms. The van der Waals surface area contributed by atoms with Gasteiger partial charge in [0.15, 0.2) is 17.5 Å². The zero-order valence-electron chi connectivity index (χ0n) is 36.6. The Balaban J connectivity index is 1.07. The van der Waals surface area contributed by atoms with Crippen molar-refractivity contribution in [3.8, 4) is 62.1 Å². The molecule has 0 radical (unpaired) electrons. The van der Waals surface area contributed by atoms with Gasteiger partial charge in [-0.15, -0.1) is 11.3 Å². The summed E-state index contributed by atoms with van der Waals surface area (Å²) >= 11 is 1.84. The predicted molar refractivity (Wildman–Crippen MR) is 287 cm³/mol. The van der Waals surface area contributed by atoms with Crippen molar-refractivity contribution in [3.63, 3.8) is 0 Å². The number of thiophene rings is 1. The second-order valence-electron chi connectivity index (χ2n) is 17.6. The van der Waals surface area contributed by atoms with Gasteiger partial charge in [0.25, 0.3) is 0 Å². The summed E-state index contributed by atoms with van der Waals surface area (Å²) in [6, 6.07) is 83.1. The van der Waals surface area contributed by atoms with Crippen LogP contribution in [0.1, 0.15) is 0 Å². The monoisotopic (exact) mass is 882 g/mol. The minimum Gasteiger partial charge on any atom is -0.309 e. The van der Waals surface area contributed by atoms with Crippen molar-refractivity contribution >= 4 is 85.6 Å². The van der Waals surface area contributed by atoms with Gasteiger partial charge in [-0.3, -0.25) is 0 Å². The Hall–Kier alpha value is -8.77. The Kier molecular flexibility index (Phi) is 8.73. The van der Waals surface area contributed by atoms with E-state index in [4.69, 9.17) is 15.0 Å². The Morgan fingerprint density at radius 1 is 0.294 bits per heavy atom. The molecule has 5 heteroatoms. The Morgan fingerprint density at radius 3 is 1.51 bits per heavy atom. The summed E-state index contributed by atoms with van der Waals surface area (Å²) in [4.78, 5) is 15.9. The summed E-state index contributed by atoms with van der Waals surface area (Å²) < 4.78 is 5.00. The van der Waals surface area contributed by atoms with E-state index in [9.17, 15) is 0 Å². The summed E-state index contributed by atoms with van der Waals surface area (Å²) in [5.41, 5.74) is 10.8. The highest BCUT2D eigenvalue weighted by Crippen LogP contribution is 2.46. The quantitative estimate of drug-likeness (QED) is 0.167. The van der Waals surface area contributed by atoms with Gasteiger partial charge >= 0.3 is 0 Å². The first-order valence-corrected chi connectivity index (χ1v) is 23.8. The van der Waals surface area contributed by atoms with Gasteiger partial charge < -0.3 is 4.57 Å². The number of hydrogen-bond donors (Lipinski definition) is 0. The maximum absolute atomic E-state index is 5.35. The molecule has 0 amide bonds. The molecule has 14 rings (SSSR count). The van der Waals surface area contributed by atoms with E-state index in [0.717, 1.165) is 55.3 Å². The van der Waals surface area contributed by atoms with E-state index in [-0.39, 0.29) is 0 Å². The van der Waals surface area contributed by atoms with Crippen LogP contribution in [0.4, 0.5) is 0 Å². The fourth-order valence-corrected chi connectivity index (χ4v) is 11.5. The van der Waals surface area contributed by atoms with Crippen molar-refractivity contribution in [2.24, 2.45) is 0 Å². The molecule has 14 aromatic rings. The lowest BCUT2D eigenvalue weighted by atomic mass is 9.95. The van der Waals surface area contributed by atoms with Crippen LogP contribution >= 0.6 is 11.3 Å². The fraction of sp³-hybridized carbons (Fsp3) is 0. The molecule has 316 valence electrons. The van der Waals surface area contributed by atoms with Crippen molar-refractivity contribution in [3.05, 3.63) is 231 Å². The molecule has 4 nitrogen and oxygen atoms in total. The minimum absolute atomic E-state index is 0.612. The molecular weight excluding hydrogens is 845 g/mol. The van der Waals surface area contributed by atoms with Gasteiger partial charge in [-0.05, 0) is 110 Å². The van der Waals surface area contributed by atoms with Crippen molar-refractivity contribution in [2.75, 3.05) is 0 Å². The van der Waals surface area contributed by atoms with Crippen LogP contribution in [-0.4, -0.2) is 19.5 Å². The standard InChI is InChI=1S/C63H38N4S/c1-2-16-41(17-3-1)49-23-12-25-55-59(49)53-36-44-20-8-9-21-45(44)38-56(53)67(55)54-33-32-48(37-52(54)50-24-13-27-58-60(50)51-22-10-11-26-57(51)68-58)63-65-61(46-30-28-39-14-4-6-18-42(39)34-46)64-62(66-63)47-31-29-40-15-5-7-19-43(40)35-47/h1-38H. The van der Waals surface area contributed by atoms with E-state index >= 15 is 0 Å². The average molecular weight is 883 g/mol. The molecule has 0 aliphatic rings. The van der Waals surface area contributed by atoms with Gasteiger partial charge in [0.2, 0.25) is 0 Å². The maximum atomic E-state index is 5.35. The molecule has 3 aromatic heterocycles. The summed E-state index contributed by atoms with van der Waals surface area (Å²) in [5, 5.41) is 12.0. The first kappa shape index (κ1) is 38.5. The molecule has 0 N–H and O–H groups in total. The van der Waals surface area contributed by atoms with E-state index in [1.807, 2.05) is 11.3 Å². The Labute approximate surface area is 395 Å². The molecule has 68 heavy (non-hydrogen) atoms. The average Bonchev–Trinajstić information content (AvgIpc) is 3.95. The minimum atomic E-state index is 0.612. The maximum Gasteiger partial charge on any atom is 0.164 e. The van der Waals surface area contributed by atoms with Crippen LogP contribution in [0.2, 0.25) is 0 Å².